The van der Waals surface area contributed by atoms with E-state index in [0.29, 0.717) is 5.56 Å². The first-order chi connectivity index (χ1) is 6.69. The van der Waals surface area contributed by atoms with Gasteiger partial charge in [-0.2, -0.15) is 5.26 Å². The van der Waals surface area contributed by atoms with E-state index in [1.165, 1.54) is 13.2 Å². The minimum atomic E-state index is -0.571. The van der Waals surface area contributed by atoms with Crippen LogP contribution in [0.15, 0.2) is 12.3 Å². The fraction of sp³-hybridized carbons (Fsp3) is 0.333. The van der Waals surface area contributed by atoms with Crippen molar-refractivity contribution in [2.24, 2.45) is 5.73 Å². The monoisotopic (exact) mass is 195 g/mol. The Morgan fingerprint density at radius 2 is 2.50 bits per heavy atom. The third-order valence-electron chi connectivity index (χ3n) is 1.75. The molecule has 0 aliphatic rings. The molecule has 1 atom stereocenters. The molecule has 5 heteroatoms. The van der Waals surface area contributed by atoms with E-state index in [9.17, 15) is 4.39 Å². The van der Waals surface area contributed by atoms with E-state index in [-0.39, 0.29) is 12.3 Å². The van der Waals surface area contributed by atoms with Crippen LogP contribution >= 0.6 is 0 Å². The average molecular weight is 195 g/mol. The third kappa shape index (κ3) is 2.18. The largest absolute Gasteiger partial charge is 0.481 e. The maximum Gasteiger partial charge on any atom is 0.218 e. The minimum absolute atomic E-state index is 0.0987. The molecule has 14 heavy (non-hydrogen) atoms. The lowest BCUT2D eigenvalue weighted by Gasteiger charge is -2.11. The quantitative estimate of drug-likeness (QED) is 0.785. The summed E-state index contributed by atoms with van der Waals surface area (Å²) in [6.07, 6.45) is 1.14. The van der Waals surface area contributed by atoms with E-state index in [0.717, 1.165) is 6.20 Å². The van der Waals surface area contributed by atoms with Crippen molar-refractivity contribution < 1.29 is 9.13 Å². The number of methoxy groups -OCH3 is 1. The molecule has 1 rings (SSSR count). The van der Waals surface area contributed by atoms with Gasteiger partial charge in [-0.3, -0.25) is 0 Å². The summed E-state index contributed by atoms with van der Waals surface area (Å²) >= 11 is 0. The minimum Gasteiger partial charge on any atom is -0.481 e. The molecular formula is C9H10FN3O. The smallest absolute Gasteiger partial charge is 0.218 e. The lowest BCUT2D eigenvalue weighted by Crippen LogP contribution is -2.12. The number of nitriles is 1. The summed E-state index contributed by atoms with van der Waals surface area (Å²) in [5.41, 5.74) is 6.05. The van der Waals surface area contributed by atoms with Gasteiger partial charge in [-0.1, -0.05) is 0 Å². The van der Waals surface area contributed by atoms with Crippen molar-refractivity contribution in [1.82, 2.24) is 4.98 Å². The molecular weight excluding hydrogens is 185 g/mol. The van der Waals surface area contributed by atoms with Crippen molar-refractivity contribution >= 4 is 0 Å². The van der Waals surface area contributed by atoms with E-state index < -0.39 is 11.9 Å². The van der Waals surface area contributed by atoms with Gasteiger partial charge in [0.25, 0.3) is 0 Å². The van der Waals surface area contributed by atoms with Crippen molar-refractivity contribution in [3.63, 3.8) is 0 Å². The summed E-state index contributed by atoms with van der Waals surface area (Å²) in [6, 6.07) is 2.56. The molecule has 1 heterocycles. The van der Waals surface area contributed by atoms with Crippen LogP contribution in [0.5, 0.6) is 5.88 Å². The molecule has 0 bridgehead atoms. The van der Waals surface area contributed by atoms with Crippen LogP contribution < -0.4 is 10.5 Å². The summed E-state index contributed by atoms with van der Waals surface area (Å²) in [5, 5.41) is 8.45. The van der Waals surface area contributed by atoms with Crippen LogP contribution in [-0.4, -0.2) is 12.1 Å². The number of aromatic nitrogens is 1. The highest BCUT2D eigenvalue weighted by molar-refractivity contribution is 5.29. The van der Waals surface area contributed by atoms with Gasteiger partial charge in [-0.15, -0.1) is 0 Å². The molecule has 4 nitrogen and oxygen atoms in total. The van der Waals surface area contributed by atoms with Gasteiger partial charge in [-0.25, -0.2) is 9.37 Å². The van der Waals surface area contributed by atoms with Crippen LogP contribution in [0, 0.1) is 17.1 Å². The molecule has 0 unspecified atom stereocenters. The van der Waals surface area contributed by atoms with Gasteiger partial charge in [0.2, 0.25) is 5.88 Å². The van der Waals surface area contributed by atoms with E-state index in [4.69, 9.17) is 15.7 Å². The Morgan fingerprint density at radius 3 is 3.07 bits per heavy atom. The van der Waals surface area contributed by atoms with Crippen LogP contribution in [0.4, 0.5) is 4.39 Å². The van der Waals surface area contributed by atoms with E-state index in [1.54, 1.807) is 0 Å². The fourth-order valence-corrected chi connectivity index (χ4v) is 1.09. The number of nitrogens with two attached hydrogens (primary N) is 1. The molecule has 74 valence electrons. The molecule has 0 aromatic carbocycles. The normalized spacial score (nSPS) is 11.9. The molecule has 0 saturated carbocycles. The Hall–Kier alpha value is -1.67. The maximum absolute atomic E-state index is 12.8. The topological polar surface area (TPSA) is 71.9 Å². The van der Waals surface area contributed by atoms with E-state index in [2.05, 4.69) is 4.98 Å². The zero-order chi connectivity index (χ0) is 10.6. The highest BCUT2D eigenvalue weighted by Gasteiger charge is 2.13. The van der Waals surface area contributed by atoms with E-state index in [1.807, 2.05) is 6.07 Å². The number of pyridine rings is 1. The second kappa shape index (κ2) is 4.53. The third-order valence-corrected chi connectivity index (χ3v) is 1.75. The van der Waals surface area contributed by atoms with Gasteiger partial charge < -0.3 is 10.5 Å². The number of hydrogen-bond acceptors (Lipinski definition) is 4. The molecule has 0 radical (unpaired) electrons. The number of ether oxygens (including phenoxy) is 1. The number of halogens is 1. The summed E-state index contributed by atoms with van der Waals surface area (Å²) in [5.74, 6) is -0.233. The van der Waals surface area contributed by atoms with Crippen LogP contribution in [0.25, 0.3) is 0 Å². The maximum atomic E-state index is 12.8. The highest BCUT2D eigenvalue weighted by Crippen LogP contribution is 2.23. The first kappa shape index (κ1) is 10.4. The van der Waals surface area contributed by atoms with Crippen molar-refractivity contribution in [1.29, 1.82) is 5.26 Å². The Morgan fingerprint density at radius 1 is 1.79 bits per heavy atom. The van der Waals surface area contributed by atoms with Crippen molar-refractivity contribution in [2.75, 3.05) is 7.11 Å². The molecule has 0 aliphatic heterocycles. The summed E-state index contributed by atoms with van der Waals surface area (Å²) in [4.78, 5) is 3.71. The van der Waals surface area contributed by atoms with Gasteiger partial charge in [0, 0.05) is 11.6 Å². The highest BCUT2D eigenvalue weighted by atomic mass is 19.1. The number of nitrogens with zero attached hydrogens (tertiary/aromatic N) is 2. The van der Waals surface area contributed by atoms with Crippen LogP contribution in [0.2, 0.25) is 0 Å². The Balaban J connectivity index is 3.04. The standard InChI is InChI=1S/C9H10FN3O/c1-14-9-7(8(12)2-3-11)4-6(10)5-13-9/h4-5,8H,2,12H2,1H3/t8-/m1/s1. The molecule has 2 N–H and O–H groups in total. The lowest BCUT2D eigenvalue weighted by atomic mass is 10.1. The molecule has 0 spiro atoms. The Labute approximate surface area is 81.1 Å². The summed E-state index contributed by atoms with van der Waals surface area (Å²) in [7, 11) is 1.42. The van der Waals surface area contributed by atoms with Crippen LogP contribution in [0.1, 0.15) is 18.0 Å². The SMILES string of the molecule is COc1ncc(F)cc1[C@H](N)CC#N. The van der Waals surface area contributed by atoms with Gasteiger partial charge in [0.15, 0.2) is 0 Å². The molecule has 0 aliphatic carbocycles. The summed E-state index contributed by atoms with van der Waals surface area (Å²) < 4.78 is 17.7. The van der Waals surface area contributed by atoms with Gasteiger partial charge in [-0.05, 0) is 6.07 Å². The van der Waals surface area contributed by atoms with Crippen LogP contribution in [0.3, 0.4) is 0 Å². The van der Waals surface area contributed by atoms with Crippen LogP contribution in [-0.2, 0) is 0 Å². The predicted molar refractivity (Wildman–Crippen MR) is 47.9 cm³/mol. The Kier molecular flexibility index (Phi) is 3.37. The second-order valence-electron chi connectivity index (χ2n) is 2.72. The molecule has 0 amide bonds. The van der Waals surface area contributed by atoms with Crippen molar-refractivity contribution in [3.8, 4) is 11.9 Å². The van der Waals surface area contributed by atoms with Gasteiger partial charge >= 0.3 is 0 Å². The molecule has 1 aromatic heterocycles. The van der Waals surface area contributed by atoms with E-state index >= 15 is 0 Å². The molecule has 1 aromatic rings. The second-order valence-corrected chi connectivity index (χ2v) is 2.72. The first-order valence-corrected chi connectivity index (χ1v) is 4.01. The zero-order valence-electron chi connectivity index (χ0n) is 7.70. The molecule has 0 fully saturated rings. The number of hydrogen-bond donors (Lipinski definition) is 1. The van der Waals surface area contributed by atoms with Gasteiger partial charge in [0.1, 0.15) is 5.82 Å². The zero-order valence-corrected chi connectivity index (χ0v) is 7.70. The fourth-order valence-electron chi connectivity index (χ4n) is 1.09. The Bertz CT molecular complexity index is 362. The first-order valence-electron chi connectivity index (χ1n) is 4.01. The van der Waals surface area contributed by atoms with Crippen molar-refractivity contribution in [2.45, 2.75) is 12.5 Å². The number of rotatable bonds is 3. The predicted octanol–water partition coefficient (Wildman–Crippen LogP) is 1.14. The summed E-state index contributed by atoms with van der Waals surface area (Å²) in [6.45, 7) is 0. The molecule has 0 saturated heterocycles. The van der Waals surface area contributed by atoms with Crippen molar-refractivity contribution in [3.05, 3.63) is 23.6 Å². The lowest BCUT2D eigenvalue weighted by molar-refractivity contribution is 0.386. The average Bonchev–Trinajstić information content (AvgIpc) is 2.18. The van der Waals surface area contributed by atoms with Gasteiger partial charge in [0.05, 0.1) is 25.8 Å².